The highest BCUT2D eigenvalue weighted by Gasteiger charge is 2.41. The van der Waals surface area contributed by atoms with Gasteiger partial charge < -0.3 is 11.1 Å². The second-order valence-electron chi connectivity index (χ2n) is 5.94. The van der Waals surface area contributed by atoms with Gasteiger partial charge >= 0.3 is 0 Å². The number of hydrogen-bond acceptors (Lipinski definition) is 5. The quantitative estimate of drug-likeness (QED) is 0.655. The molecule has 4 atom stereocenters. The molecule has 1 aromatic rings. The predicted molar refractivity (Wildman–Crippen MR) is 80.2 cm³/mol. The molecule has 3 N–H and O–H groups in total. The molecule has 5 heteroatoms. The third-order valence-electron chi connectivity index (χ3n) is 4.72. The third kappa shape index (κ3) is 2.66. The van der Waals surface area contributed by atoms with Crippen LogP contribution in [0.5, 0.6) is 0 Å². The van der Waals surface area contributed by atoms with Crippen LogP contribution < -0.4 is 11.1 Å². The number of aromatic nitrogens is 2. The maximum Gasteiger partial charge on any atom is 0.191 e. The highest BCUT2D eigenvalue weighted by molar-refractivity contribution is 7.98. The number of nitrogens with two attached hydrogens (primary N) is 1. The number of nitrogen functional groups attached to an aromatic ring is 1. The standard InChI is InChI=1S/C14H22N4S/c1-8(11-6-9-3-4-10(11)5-9)16-13-7-12(15)17-14(18-13)19-2/h7-11H,3-6H2,1-2H3,(H3,15,16,17,18). The Balaban J connectivity index is 1.69. The van der Waals surface area contributed by atoms with E-state index in [-0.39, 0.29) is 0 Å². The number of thioether (sulfide) groups is 1. The van der Waals surface area contributed by atoms with Gasteiger partial charge in [-0.25, -0.2) is 9.97 Å². The number of nitrogens with zero attached hydrogens (tertiary/aromatic N) is 2. The van der Waals surface area contributed by atoms with Crippen LogP contribution in [0, 0.1) is 17.8 Å². The van der Waals surface area contributed by atoms with E-state index in [4.69, 9.17) is 5.73 Å². The lowest BCUT2D eigenvalue weighted by molar-refractivity contribution is 0.304. The van der Waals surface area contributed by atoms with Gasteiger partial charge in [-0.3, -0.25) is 0 Å². The molecule has 0 spiro atoms. The summed E-state index contributed by atoms with van der Waals surface area (Å²) in [5.74, 6) is 4.12. The molecule has 4 nitrogen and oxygen atoms in total. The van der Waals surface area contributed by atoms with Gasteiger partial charge in [-0.05, 0) is 50.2 Å². The molecule has 0 amide bonds. The molecule has 0 radical (unpaired) electrons. The molecule has 3 rings (SSSR count). The smallest absolute Gasteiger partial charge is 0.191 e. The maximum atomic E-state index is 5.82. The van der Waals surface area contributed by atoms with E-state index < -0.39 is 0 Å². The van der Waals surface area contributed by atoms with Crippen molar-refractivity contribution in [2.45, 2.75) is 43.8 Å². The van der Waals surface area contributed by atoms with Crippen molar-refractivity contribution < 1.29 is 0 Å². The first-order chi connectivity index (χ1) is 9.15. The summed E-state index contributed by atoms with van der Waals surface area (Å²) in [6, 6.07) is 2.31. The van der Waals surface area contributed by atoms with Crippen LogP contribution in [-0.4, -0.2) is 22.3 Å². The molecule has 104 valence electrons. The van der Waals surface area contributed by atoms with Crippen molar-refractivity contribution in [1.29, 1.82) is 0 Å². The molecule has 2 aliphatic rings. The first-order valence-corrected chi connectivity index (χ1v) is 8.33. The van der Waals surface area contributed by atoms with Crippen LogP contribution in [0.4, 0.5) is 11.6 Å². The summed E-state index contributed by atoms with van der Waals surface area (Å²) in [6.45, 7) is 2.28. The zero-order valence-corrected chi connectivity index (χ0v) is 12.4. The minimum absolute atomic E-state index is 0.472. The summed E-state index contributed by atoms with van der Waals surface area (Å²) in [7, 11) is 0. The van der Waals surface area contributed by atoms with Gasteiger partial charge in [0.15, 0.2) is 5.16 Å². The van der Waals surface area contributed by atoms with Crippen molar-refractivity contribution in [2.24, 2.45) is 17.8 Å². The summed E-state index contributed by atoms with van der Waals surface area (Å²) >= 11 is 1.53. The molecular formula is C14H22N4S. The summed E-state index contributed by atoms with van der Waals surface area (Å²) in [6.07, 6.45) is 7.67. The SMILES string of the molecule is CSc1nc(N)cc(NC(C)C2CC3CCC2C3)n1. The van der Waals surface area contributed by atoms with E-state index >= 15 is 0 Å². The molecule has 2 fully saturated rings. The van der Waals surface area contributed by atoms with Crippen LogP contribution in [0.1, 0.15) is 32.6 Å². The lowest BCUT2D eigenvalue weighted by atomic mass is 9.84. The minimum atomic E-state index is 0.472. The van der Waals surface area contributed by atoms with Gasteiger partial charge in [0.05, 0.1) is 0 Å². The molecular weight excluding hydrogens is 256 g/mol. The Hall–Kier alpha value is -0.970. The molecule has 19 heavy (non-hydrogen) atoms. The van der Waals surface area contributed by atoms with Gasteiger partial charge in [0.2, 0.25) is 0 Å². The fourth-order valence-electron chi connectivity index (χ4n) is 3.85. The van der Waals surface area contributed by atoms with Crippen molar-refractivity contribution in [2.75, 3.05) is 17.3 Å². The first kappa shape index (κ1) is 13.0. The lowest BCUT2D eigenvalue weighted by Gasteiger charge is -2.29. The molecule has 0 aromatic carbocycles. The van der Waals surface area contributed by atoms with Crippen LogP contribution in [0.25, 0.3) is 0 Å². The minimum Gasteiger partial charge on any atom is -0.383 e. The number of anilines is 2. The normalized spacial score (nSPS) is 30.5. The predicted octanol–water partition coefficient (Wildman–Crippen LogP) is 3.02. The molecule has 1 heterocycles. The van der Waals surface area contributed by atoms with Crippen molar-refractivity contribution in [3.05, 3.63) is 6.07 Å². The fraction of sp³-hybridized carbons (Fsp3) is 0.714. The fourth-order valence-corrected chi connectivity index (χ4v) is 4.24. The maximum absolute atomic E-state index is 5.82. The summed E-state index contributed by atoms with van der Waals surface area (Å²) in [5.41, 5.74) is 5.82. The largest absolute Gasteiger partial charge is 0.383 e. The Morgan fingerprint density at radius 1 is 1.37 bits per heavy atom. The molecule has 1 aromatic heterocycles. The van der Waals surface area contributed by atoms with Gasteiger partial charge in [0.25, 0.3) is 0 Å². The van der Waals surface area contributed by atoms with Crippen molar-refractivity contribution in [3.63, 3.8) is 0 Å². The van der Waals surface area contributed by atoms with E-state index in [1.165, 1.54) is 37.4 Å². The molecule has 2 saturated carbocycles. The number of nitrogens with one attached hydrogen (secondary N) is 1. The lowest BCUT2D eigenvalue weighted by Crippen LogP contribution is -2.30. The molecule has 2 bridgehead atoms. The van der Waals surface area contributed by atoms with E-state index in [1.807, 2.05) is 12.3 Å². The Morgan fingerprint density at radius 2 is 2.21 bits per heavy atom. The highest BCUT2D eigenvalue weighted by Crippen LogP contribution is 2.49. The van der Waals surface area contributed by atoms with Gasteiger partial charge in [0.1, 0.15) is 11.6 Å². The molecule has 0 aliphatic heterocycles. The Morgan fingerprint density at radius 3 is 2.84 bits per heavy atom. The molecule has 4 unspecified atom stereocenters. The van der Waals surface area contributed by atoms with Crippen LogP contribution in [0.15, 0.2) is 11.2 Å². The zero-order valence-electron chi connectivity index (χ0n) is 11.6. The van der Waals surface area contributed by atoms with E-state index in [2.05, 4.69) is 22.2 Å². The molecule has 0 saturated heterocycles. The molecule has 2 aliphatic carbocycles. The van der Waals surface area contributed by atoms with Crippen LogP contribution in [0.3, 0.4) is 0 Å². The first-order valence-electron chi connectivity index (χ1n) is 7.11. The number of rotatable bonds is 4. The average Bonchev–Trinajstić information content (AvgIpc) is 3.00. The van der Waals surface area contributed by atoms with E-state index in [9.17, 15) is 0 Å². The number of fused-ring (bicyclic) bond motifs is 2. The van der Waals surface area contributed by atoms with Crippen molar-refractivity contribution in [3.8, 4) is 0 Å². The number of hydrogen-bond donors (Lipinski definition) is 2. The van der Waals surface area contributed by atoms with Crippen molar-refractivity contribution in [1.82, 2.24) is 9.97 Å². The van der Waals surface area contributed by atoms with Crippen LogP contribution >= 0.6 is 11.8 Å². The van der Waals surface area contributed by atoms with E-state index in [0.717, 1.165) is 28.7 Å². The second-order valence-corrected chi connectivity index (χ2v) is 6.71. The topological polar surface area (TPSA) is 63.8 Å². The van der Waals surface area contributed by atoms with Gasteiger partial charge in [-0.15, -0.1) is 0 Å². The van der Waals surface area contributed by atoms with E-state index in [0.29, 0.717) is 11.9 Å². The van der Waals surface area contributed by atoms with Crippen LogP contribution in [-0.2, 0) is 0 Å². The highest BCUT2D eigenvalue weighted by atomic mass is 32.2. The Kier molecular flexibility index (Phi) is 3.56. The Labute approximate surface area is 119 Å². The van der Waals surface area contributed by atoms with E-state index in [1.54, 1.807) is 0 Å². The monoisotopic (exact) mass is 278 g/mol. The second kappa shape index (κ2) is 5.19. The average molecular weight is 278 g/mol. The summed E-state index contributed by atoms with van der Waals surface area (Å²) in [4.78, 5) is 8.67. The van der Waals surface area contributed by atoms with Crippen LogP contribution in [0.2, 0.25) is 0 Å². The van der Waals surface area contributed by atoms with Gasteiger partial charge in [0, 0.05) is 12.1 Å². The summed E-state index contributed by atoms with van der Waals surface area (Å²) in [5, 5.41) is 4.28. The summed E-state index contributed by atoms with van der Waals surface area (Å²) < 4.78 is 0. The zero-order chi connectivity index (χ0) is 13.4. The van der Waals surface area contributed by atoms with Gasteiger partial charge in [-0.2, -0.15) is 0 Å². The third-order valence-corrected chi connectivity index (χ3v) is 5.27. The van der Waals surface area contributed by atoms with Crippen molar-refractivity contribution >= 4 is 23.4 Å². The van der Waals surface area contributed by atoms with Gasteiger partial charge in [-0.1, -0.05) is 18.2 Å². The Bertz CT molecular complexity index is 465.